The monoisotopic (exact) mass is 230 g/mol. The van der Waals surface area contributed by atoms with Gasteiger partial charge in [0.25, 0.3) is 0 Å². The second-order valence-electron chi connectivity index (χ2n) is 5.51. The smallest absolute Gasteiger partial charge is 0.0177 e. The van der Waals surface area contributed by atoms with Crippen LogP contribution in [0.15, 0.2) is 24.3 Å². The molecule has 1 aliphatic heterocycles. The van der Waals surface area contributed by atoms with Crippen LogP contribution in [-0.4, -0.2) is 36.6 Å². The first kappa shape index (κ1) is 11.2. The predicted octanol–water partition coefficient (Wildman–Crippen LogP) is 1.84. The van der Waals surface area contributed by atoms with Gasteiger partial charge < -0.3 is 5.32 Å². The first-order valence-corrected chi connectivity index (χ1v) is 6.87. The van der Waals surface area contributed by atoms with Gasteiger partial charge in [0.1, 0.15) is 0 Å². The Morgan fingerprint density at radius 3 is 2.53 bits per heavy atom. The highest BCUT2D eigenvalue weighted by Crippen LogP contribution is 2.25. The Morgan fingerprint density at radius 2 is 1.82 bits per heavy atom. The van der Waals surface area contributed by atoms with Crippen LogP contribution < -0.4 is 5.32 Å². The molecule has 1 heterocycles. The average molecular weight is 230 g/mol. The summed E-state index contributed by atoms with van der Waals surface area (Å²) >= 11 is 0. The average Bonchev–Trinajstić information content (AvgIpc) is 2.65. The Balaban J connectivity index is 1.67. The van der Waals surface area contributed by atoms with Crippen LogP contribution >= 0.6 is 0 Å². The van der Waals surface area contributed by atoms with Crippen LogP contribution in [0.1, 0.15) is 24.5 Å². The van der Waals surface area contributed by atoms with Gasteiger partial charge in [0, 0.05) is 25.2 Å². The maximum absolute atomic E-state index is 3.58. The molecule has 1 fully saturated rings. The van der Waals surface area contributed by atoms with E-state index in [1.165, 1.54) is 32.4 Å². The largest absolute Gasteiger partial charge is 0.313 e. The number of hydrogen-bond donors (Lipinski definition) is 1. The van der Waals surface area contributed by atoms with Crippen molar-refractivity contribution in [3.8, 4) is 0 Å². The van der Waals surface area contributed by atoms with Crippen molar-refractivity contribution in [2.75, 3.05) is 19.6 Å². The van der Waals surface area contributed by atoms with E-state index in [2.05, 4.69) is 41.4 Å². The summed E-state index contributed by atoms with van der Waals surface area (Å²) in [5.41, 5.74) is 3.14. The molecular weight excluding hydrogens is 208 g/mol. The van der Waals surface area contributed by atoms with Crippen LogP contribution in [-0.2, 0) is 12.8 Å². The quantitative estimate of drug-likeness (QED) is 0.792. The molecule has 2 heteroatoms. The molecule has 2 aliphatic rings. The molecule has 1 aromatic rings. The third-order valence-corrected chi connectivity index (χ3v) is 4.29. The van der Waals surface area contributed by atoms with Gasteiger partial charge in [-0.2, -0.15) is 0 Å². The van der Waals surface area contributed by atoms with E-state index in [1.54, 1.807) is 11.1 Å². The molecule has 1 unspecified atom stereocenters. The number of nitrogens with zero attached hydrogens (tertiary/aromatic N) is 1. The second kappa shape index (κ2) is 4.79. The lowest BCUT2D eigenvalue weighted by atomic mass is 10.1. The molecule has 1 aromatic carbocycles. The third kappa shape index (κ3) is 2.38. The molecule has 17 heavy (non-hydrogen) atoms. The number of hydrogen-bond acceptors (Lipinski definition) is 2. The number of fused-ring (bicyclic) bond motifs is 1. The van der Waals surface area contributed by atoms with E-state index < -0.39 is 0 Å². The fraction of sp³-hybridized carbons (Fsp3) is 0.600. The highest BCUT2D eigenvalue weighted by molar-refractivity contribution is 5.33. The fourth-order valence-electron chi connectivity index (χ4n) is 3.19. The summed E-state index contributed by atoms with van der Waals surface area (Å²) < 4.78 is 0. The van der Waals surface area contributed by atoms with E-state index in [-0.39, 0.29) is 0 Å². The van der Waals surface area contributed by atoms with E-state index in [0.29, 0.717) is 6.04 Å². The van der Waals surface area contributed by atoms with Gasteiger partial charge in [-0.25, -0.2) is 0 Å². The van der Waals surface area contributed by atoms with Crippen LogP contribution in [0.4, 0.5) is 0 Å². The first-order valence-electron chi connectivity index (χ1n) is 6.87. The van der Waals surface area contributed by atoms with Crippen molar-refractivity contribution in [3.05, 3.63) is 35.4 Å². The van der Waals surface area contributed by atoms with E-state index in [0.717, 1.165) is 12.6 Å². The zero-order chi connectivity index (χ0) is 11.7. The molecule has 1 N–H and O–H groups in total. The summed E-state index contributed by atoms with van der Waals surface area (Å²) in [7, 11) is 0. The summed E-state index contributed by atoms with van der Waals surface area (Å²) in [6, 6.07) is 10.4. The van der Waals surface area contributed by atoms with E-state index in [9.17, 15) is 0 Å². The lowest BCUT2D eigenvalue weighted by molar-refractivity contribution is 0.214. The summed E-state index contributed by atoms with van der Waals surface area (Å²) in [4.78, 5) is 2.69. The van der Waals surface area contributed by atoms with Gasteiger partial charge in [0.15, 0.2) is 0 Å². The number of benzene rings is 1. The molecule has 92 valence electrons. The van der Waals surface area contributed by atoms with Gasteiger partial charge in [-0.1, -0.05) is 24.3 Å². The van der Waals surface area contributed by atoms with Crippen LogP contribution in [0.3, 0.4) is 0 Å². The normalized spacial score (nSPS) is 26.8. The van der Waals surface area contributed by atoms with Gasteiger partial charge in [-0.15, -0.1) is 0 Å². The Labute approximate surface area is 104 Å². The highest BCUT2D eigenvalue weighted by atomic mass is 15.2. The van der Waals surface area contributed by atoms with Gasteiger partial charge in [-0.05, 0) is 43.9 Å². The summed E-state index contributed by atoms with van der Waals surface area (Å²) in [5.74, 6) is 0. The Hall–Kier alpha value is -0.860. The maximum Gasteiger partial charge on any atom is 0.0177 e. The van der Waals surface area contributed by atoms with Crippen molar-refractivity contribution in [2.24, 2.45) is 0 Å². The molecule has 0 spiro atoms. The lowest BCUT2D eigenvalue weighted by Gasteiger charge is -2.26. The van der Waals surface area contributed by atoms with E-state index in [4.69, 9.17) is 0 Å². The molecule has 0 aromatic heterocycles. The van der Waals surface area contributed by atoms with Gasteiger partial charge in [-0.3, -0.25) is 4.90 Å². The Kier molecular flexibility index (Phi) is 3.17. The zero-order valence-corrected chi connectivity index (χ0v) is 10.7. The SMILES string of the molecule is CC1CCN(C2Cc3ccccc3C2)CCN1. The zero-order valence-electron chi connectivity index (χ0n) is 10.7. The molecule has 3 rings (SSSR count). The summed E-state index contributed by atoms with van der Waals surface area (Å²) in [5, 5.41) is 3.58. The van der Waals surface area contributed by atoms with E-state index in [1.807, 2.05) is 0 Å². The number of rotatable bonds is 1. The first-order chi connectivity index (χ1) is 8.33. The van der Waals surface area contributed by atoms with Crippen LogP contribution in [0, 0.1) is 0 Å². The molecule has 0 amide bonds. The van der Waals surface area contributed by atoms with Crippen LogP contribution in [0.2, 0.25) is 0 Å². The molecule has 1 aliphatic carbocycles. The highest BCUT2D eigenvalue weighted by Gasteiger charge is 2.27. The van der Waals surface area contributed by atoms with Gasteiger partial charge in [0.2, 0.25) is 0 Å². The molecule has 1 atom stereocenters. The predicted molar refractivity (Wildman–Crippen MR) is 71.3 cm³/mol. The van der Waals surface area contributed by atoms with E-state index >= 15 is 0 Å². The molecular formula is C15H22N2. The van der Waals surface area contributed by atoms with Gasteiger partial charge >= 0.3 is 0 Å². The Bertz CT molecular complexity index is 363. The van der Waals surface area contributed by atoms with Crippen molar-refractivity contribution in [3.63, 3.8) is 0 Å². The summed E-state index contributed by atoms with van der Waals surface area (Å²) in [6.45, 7) is 5.91. The van der Waals surface area contributed by atoms with Crippen molar-refractivity contribution < 1.29 is 0 Å². The van der Waals surface area contributed by atoms with Crippen LogP contribution in [0.25, 0.3) is 0 Å². The standard InChI is InChI=1S/C15H22N2/c1-12-6-8-17(9-7-16-12)15-10-13-4-2-3-5-14(13)11-15/h2-5,12,15-16H,6-11H2,1H3. The minimum atomic E-state index is 0.684. The fourth-order valence-corrected chi connectivity index (χ4v) is 3.19. The van der Waals surface area contributed by atoms with Crippen molar-refractivity contribution in [1.82, 2.24) is 10.2 Å². The second-order valence-corrected chi connectivity index (χ2v) is 5.51. The third-order valence-electron chi connectivity index (χ3n) is 4.29. The maximum atomic E-state index is 3.58. The van der Waals surface area contributed by atoms with Crippen molar-refractivity contribution >= 4 is 0 Å². The van der Waals surface area contributed by atoms with Crippen molar-refractivity contribution in [2.45, 2.75) is 38.3 Å². The molecule has 0 radical (unpaired) electrons. The topological polar surface area (TPSA) is 15.3 Å². The molecule has 2 nitrogen and oxygen atoms in total. The minimum Gasteiger partial charge on any atom is -0.313 e. The van der Waals surface area contributed by atoms with Crippen LogP contribution in [0.5, 0.6) is 0 Å². The molecule has 0 saturated carbocycles. The summed E-state index contributed by atoms with van der Waals surface area (Å²) in [6.07, 6.45) is 3.79. The van der Waals surface area contributed by atoms with Crippen molar-refractivity contribution in [1.29, 1.82) is 0 Å². The molecule has 1 saturated heterocycles. The number of nitrogens with one attached hydrogen (secondary N) is 1. The minimum absolute atomic E-state index is 0.684. The van der Waals surface area contributed by atoms with Gasteiger partial charge in [0.05, 0.1) is 0 Å². The lowest BCUT2D eigenvalue weighted by Crippen LogP contribution is -2.38. The Morgan fingerprint density at radius 1 is 1.12 bits per heavy atom. The molecule has 0 bridgehead atoms.